The van der Waals surface area contributed by atoms with Gasteiger partial charge in [-0.3, -0.25) is 4.98 Å². The molecule has 5 nitrogen and oxygen atoms in total. The fraction of sp³-hybridized carbons (Fsp3) is 0.312. The summed E-state index contributed by atoms with van der Waals surface area (Å²) >= 11 is 0. The number of anilines is 1. The first kappa shape index (κ1) is 13.5. The molecule has 0 aliphatic heterocycles. The first-order chi connectivity index (χ1) is 10.0. The molecule has 108 valence electrons. The number of fused-ring (bicyclic) bond motifs is 1. The molecular weight excluding hydrogens is 262 g/mol. The van der Waals surface area contributed by atoms with Gasteiger partial charge in [-0.1, -0.05) is 6.07 Å². The van der Waals surface area contributed by atoms with Gasteiger partial charge in [0.25, 0.3) is 0 Å². The Hall–Kier alpha value is -2.43. The Morgan fingerprint density at radius 2 is 1.90 bits per heavy atom. The second-order valence-electron chi connectivity index (χ2n) is 5.37. The highest BCUT2D eigenvalue weighted by atomic mass is 15.1. The zero-order valence-electron chi connectivity index (χ0n) is 12.8. The summed E-state index contributed by atoms with van der Waals surface area (Å²) in [7, 11) is 0. The molecule has 2 N–H and O–H groups in total. The number of nitrogens with two attached hydrogens (primary N) is 1. The first-order valence-electron chi connectivity index (χ1n) is 7.03. The molecule has 0 fully saturated rings. The van der Waals surface area contributed by atoms with E-state index in [1.54, 1.807) is 0 Å². The maximum absolute atomic E-state index is 6.10. The molecule has 0 amide bonds. The van der Waals surface area contributed by atoms with Crippen molar-refractivity contribution in [2.75, 3.05) is 5.73 Å². The summed E-state index contributed by atoms with van der Waals surface area (Å²) in [5.41, 5.74) is 10.3. The number of nitrogen functional groups attached to an aromatic ring is 1. The lowest BCUT2D eigenvalue weighted by molar-refractivity contribution is 0.620. The molecule has 21 heavy (non-hydrogen) atoms. The van der Waals surface area contributed by atoms with Crippen molar-refractivity contribution in [1.29, 1.82) is 0 Å². The highest BCUT2D eigenvalue weighted by molar-refractivity contribution is 5.91. The predicted octanol–water partition coefficient (Wildman–Crippen LogP) is 2.94. The van der Waals surface area contributed by atoms with Crippen LogP contribution in [-0.2, 0) is 0 Å². The molecule has 0 aliphatic rings. The van der Waals surface area contributed by atoms with Gasteiger partial charge in [0.05, 0.1) is 17.1 Å². The molecule has 0 aromatic carbocycles. The monoisotopic (exact) mass is 281 g/mol. The van der Waals surface area contributed by atoms with Gasteiger partial charge in [-0.15, -0.1) is 0 Å². The minimum Gasteiger partial charge on any atom is -0.383 e. The summed E-state index contributed by atoms with van der Waals surface area (Å²) in [5.74, 6) is 1.23. The second-order valence-corrected chi connectivity index (χ2v) is 5.37. The normalized spacial score (nSPS) is 12.8. The third kappa shape index (κ3) is 2.05. The summed E-state index contributed by atoms with van der Waals surface area (Å²) in [6, 6.07) is 6.05. The number of aromatic nitrogens is 4. The smallest absolute Gasteiger partial charge is 0.146 e. The summed E-state index contributed by atoms with van der Waals surface area (Å²) in [5, 5.41) is 0.945. The quantitative estimate of drug-likeness (QED) is 0.784. The molecule has 3 heterocycles. The molecule has 5 heteroatoms. The van der Waals surface area contributed by atoms with E-state index in [0.29, 0.717) is 11.6 Å². The van der Waals surface area contributed by atoms with Crippen molar-refractivity contribution >= 4 is 16.9 Å². The Morgan fingerprint density at radius 3 is 2.57 bits per heavy atom. The first-order valence-corrected chi connectivity index (χ1v) is 7.03. The maximum Gasteiger partial charge on any atom is 0.146 e. The molecule has 0 saturated carbocycles. The van der Waals surface area contributed by atoms with Crippen LogP contribution >= 0.6 is 0 Å². The topological polar surface area (TPSA) is 69.6 Å². The van der Waals surface area contributed by atoms with Crippen molar-refractivity contribution in [3.63, 3.8) is 0 Å². The van der Waals surface area contributed by atoms with Gasteiger partial charge in [0.15, 0.2) is 0 Å². The van der Waals surface area contributed by atoms with Gasteiger partial charge in [-0.05, 0) is 45.4 Å². The number of hydrogen-bond donors (Lipinski definition) is 1. The van der Waals surface area contributed by atoms with Crippen LogP contribution in [0.3, 0.4) is 0 Å². The maximum atomic E-state index is 6.10. The van der Waals surface area contributed by atoms with Crippen molar-refractivity contribution in [1.82, 2.24) is 19.5 Å². The Bertz CT molecular complexity index is 805. The van der Waals surface area contributed by atoms with E-state index in [4.69, 9.17) is 5.73 Å². The van der Waals surface area contributed by atoms with Crippen LogP contribution < -0.4 is 5.73 Å². The van der Waals surface area contributed by atoms with Gasteiger partial charge < -0.3 is 10.3 Å². The molecule has 3 rings (SSSR count). The standard InChI is InChI=1S/C16H19N5/c1-9-10(2)21(11(3)13-7-5-6-8-18-13)16-14(9)15(17)19-12(4)20-16/h5-8,11H,1-4H3,(H2,17,19,20). The molecule has 1 atom stereocenters. The van der Waals surface area contributed by atoms with Crippen molar-refractivity contribution in [2.45, 2.75) is 33.7 Å². The third-order valence-corrected chi connectivity index (χ3v) is 4.04. The molecule has 1 unspecified atom stereocenters. The van der Waals surface area contributed by atoms with E-state index in [1.165, 1.54) is 0 Å². The van der Waals surface area contributed by atoms with Crippen LogP contribution in [0.15, 0.2) is 24.4 Å². The van der Waals surface area contributed by atoms with Crippen LogP contribution in [0, 0.1) is 20.8 Å². The molecular formula is C16H19N5. The van der Waals surface area contributed by atoms with E-state index in [-0.39, 0.29) is 6.04 Å². The minimum absolute atomic E-state index is 0.0936. The second kappa shape index (κ2) is 4.84. The zero-order chi connectivity index (χ0) is 15.1. The predicted molar refractivity (Wildman–Crippen MR) is 84.2 cm³/mol. The third-order valence-electron chi connectivity index (χ3n) is 4.04. The number of rotatable bonds is 2. The largest absolute Gasteiger partial charge is 0.383 e. The van der Waals surface area contributed by atoms with Gasteiger partial charge in [0.1, 0.15) is 17.3 Å². The molecule has 0 aliphatic carbocycles. The highest BCUT2D eigenvalue weighted by Gasteiger charge is 2.21. The summed E-state index contributed by atoms with van der Waals surface area (Å²) in [4.78, 5) is 13.4. The van der Waals surface area contributed by atoms with Crippen LogP contribution in [0.4, 0.5) is 5.82 Å². The number of hydrogen-bond acceptors (Lipinski definition) is 4. The van der Waals surface area contributed by atoms with E-state index in [0.717, 1.165) is 28.0 Å². The van der Waals surface area contributed by atoms with E-state index in [2.05, 4.69) is 40.3 Å². The van der Waals surface area contributed by atoms with Gasteiger partial charge >= 0.3 is 0 Å². The fourth-order valence-corrected chi connectivity index (χ4v) is 2.86. The highest BCUT2D eigenvalue weighted by Crippen LogP contribution is 2.32. The van der Waals surface area contributed by atoms with E-state index >= 15 is 0 Å². The van der Waals surface area contributed by atoms with E-state index < -0.39 is 0 Å². The Morgan fingerprint density at radius 1 is 1.14 bits per heavy atom. The van der Waals surface area contributed by atoms with Crippen molar-refractivity contribution in [3.8, 4) is 0 Å². The Balaban J connectivity index is 2.30. The molecule has 0 saturated heterocycles. The molecule has 0 spiro atoms. The van der Waals surface area contributed by atoms with Gasteiger partial charge in [-0.25, -0.2) is 9.97 Å². The number of aryl methyl sites for hydroxylation is 2. The minimum atomic E-state index is 0.0936. The number of nitrogens with zero attached hydrogens (tertiary/aromatic N) is 4. The Labute approximate surface area is 123 Å². The lowest BCUT2D eigenvalue weighted by atomic mass is 10.2. The molecule has 3 aromatic rings. The molecule has 0 radical (unpaired) electrons. The van der Waals surface area contributed by atoms with Crippen LogP contribution in [0.1, 0.15) is 35.7 Å². The van der Waals surface area contributed by atoms with Crippen LogP contribution in [0.2, 0.25) is 0 Å². The average molecular weight is 281 g/mol. The van der Waals surface area contributed by atoms with Gasteiger partial charge in [0, 0.05) is 11.9 Å². The van der Waals surface area contributed by atoms with Crippen LogP contribution in [0.25, 0.3) is 11.0 Å². The van der Waals surface area contributed by atoms with Gasteiger partial charge in [0.2, 0.25) is 0 Å². The summed E-state index contributed by atoms with van der Waals surface area (Å²) in [6.45, 7) is 8.14. The van der Waals surface area contributed by atoms with Gasteiger partial charge in [-0.2, -0.15) is 0 Å². The molecule has 0 bridgehead atoms. The summed E-state index contributed by atoms with van der Waals surface area (Å²) < 4.78 is 2.19. The van der Waals surface area contributed by atoms with Crippen LogP contribution in [0.5, 0.6) is 0 Å². The van der Waals surface area contributed by atoms with Crippen molar-refractivity contribution in [2.24, 2.45) is 0 Å². The number of pyridine rings is 1. The van der Waals surface area contributed by atoms with Crippen molar-refractivity contribution < 1.29 is 0 Å². The lowest BCUT2D eigenvalue weighted by Gasteiger charge is -2.16. The van der Waals surface area contributed by atoms with E-state index in [9.17, 15) is 0 Å². The SMILES string of the molecule is Cc1nc(N)c2c(C)c(C)n(C(C)c3ccccn3)c2n1. The van der Waals surface area contributed by atoms with Crippen LogP contribution in [-0.4, -0.2) is 19.5 Å². The van der Waals surface area contributed by atoms with E-state index in [1.807, 2.05) is 31.3 Å². The molecule has 3 aromatic heterocycles. The Kier molecular flexibility index (Phi) is 3.12. The fourth-order valence-electron chi connectivity index (χ4n) is 2.86. The average Bonchev–Trinajstić information content (AvgIpc) is 2.71. The summed E-state index contributed by atoms with van der Waals surface area (Å²) in [6.07, 6.45) is 1.81. The zero-order valence-corrected chi connectivity index (χ0v) is 12.8. The van der Waals surface area contributed by atoms with Crippen molar-refractivity contribution in [3.05, 3.63) is 47.2 Å². The lowest BCUT2D eigenvalue weighted by Crippen LogP contribution is -2.11.